The van der Waals surface area contributed by atoms with Crippen molar-refractivity contribution in [1.29, 1.82) is 5.41 Å². The van der Waals surface area contributed by atoms with Crippen LogP contribution in [-0.2, 0) is 11.1 Å². The van der Waals surface area contributed by atoms with Gasteiger partial charge in [-0.2, -0.15) is 0 Å². The first-order valence-corrected chi connectivity index (χ1v) is 2.41. The van der Waals surface area contributed by atoms with E-state index < -0.39 is 11.1 Å². The Kier molecular flexibility index (Phi) is 7.54. The molecule has 0 aliphatic heterocycles. The van der Waals surface area contributed by atoms with E-state index in [9.17, 15) is 4.21 Å². The predicted molar refractivity (Wildman–Crippen MR) is 25.3 cm³/mol. The second-order valence-corrected chi connectivity index (χ2v) is 1.92. The molecular formula is C2H6NNaO2S. The van der Waals surface area contributed by atoms with E-state index in [1.54, 1.807) is 0 Å². The first-order valence-electron chi connectivity index (χ1n) is 1.30. The summed E-state index contributed by atoms with van der Waals surface area (Å²) >= 11 is -2.03. The molecule has 0 rings (SSSR count). The second-order valence-electron chi connectivity index (χ2n) is 0.805. The number of nitrogens with one attached hydrogen (secondary N) is 1. The summed E-state index contributed by atoms with van der Waals surface area (Å²) in [5.74, 6) is 0. The van der Waals surface area contributed by atoms with Crippen LogP contribution in [0.15, 0.2) is 0 Å². The van der Waals surface area contributed by atoms with Crippen molar-refractivity contribution < 1.29 is 39.7 Å². The van der Waals surface area contributed by atoms with Gasteiger partial charge in [-0.25, -0.2) is 4.21 Å². The summed E-state index contributed by atoms with van der Waals surface area (Å²) in [4.78, 5) is 0. The third-order valence-corrected chi connectivity index (χ3v) is 0.786. The van der Waals surface area contributed by atoms with Crippen molar-refractivity contribution >= 4 is 16.1 Å². The fraction of sp³-hybridized carbons (Fsp3) is 0.500. The molecule has 3 nitrogen and oxygen atoms in total. The quantitative estimate of drug-likeness (QED) is 0.163. The average molecular weight is 131 g/mol. The van der Waals surface area contributed by atoms with E-state index in [1.807, 2.05) is 0 Å². The second kappa shape index (κ2) is 4.93. The van der Waals surface area contributed by atoms with Crippen molar-refractivity contribution in [1.82, 2.24) is 0 Å². The Hall–Kier alpha value is 0.780. The molecule has 0 fully saturated rings. The fourth-order valence-electron chi connectivity index (χ4n) is 0. The molecule has 0 aliphatic rings. The van der Waals surface area contributed by atoms with E-state index in [4.69, 9.17) is 9.96 Å². The number of hydrogen-bond donors (Lipinski definition) is 2. The molecule has 2 N–H and O–H groups in total. The van der Waals surface area contributed by atoms with Crippen LogP contribution in [0.3, 0.4) is 0 Å². The summed E-state index contributed by atoms with van der Waals surface area (Å²) < 4.78 is 17.5. The van der Waals surface area contributed by atoms with Gasteiger partial charge >= 0.3 is 29.6 Å². The number of hydrogen-bond acceptors (Lipinski definition) is 2. The van der Waals surface area contributed by atoms with Gasteiger partial charge < -0.3 is 5.98 Å². The van der Waals surface area contributed by atoms with Gasteiger partial charge in [0.2, 0.25) is 0 Å². The van der Waals surface area contributed by atoms with E-state index in [0.29, 0.717) is 0 Å². The summed E-state index contributed by atoms with van der Waals surface area (Å²) in [5, 5.41) is 6.19. The van der Waals surface area contributed by atoms with Crippen molar-refractivity contribution in [3.8, 4) is 0 Å². The molecule has 0 heterocycles. The van der Waals surface area contributed by atoms with Crippen LogP contribution in [0.1, 0.15) is 8.35 Å². The van der Waals surface area contributed by atoms with Crippen LogP contribution >= 0.6 is 0 Å². The Morgan fingerprint density at radius 3 is 2.14 bits per heavy atom. The summed E-state index contributed by atoms with van der Waals surface area (Å²) in [5.41, 5.74) is 0. The van der Waals surface area contributed by atoms with Crippen LogP contribution in [0, 0.1) is 5.41 Å². The smallest absolute Gasteiger partial charge is 1.00 e. The van der Waals surface area contributed by atoms with Gasteiger partial charge in [-0.05, 0) is 6.92 Å². The third-order valence-electron chi connectivity index (χ3n) is 0.262. The average Bonchev–Trinajstić information content (AvgIpc) is 1.36. The van der Waals surface area contributed by atoms with Crippen molar-refractivity contribution in [2.24, 2.45) is 0 Å². The van der Waals surface area contributed by atoms with Crippen molar-refractivity contribution in [2.75, 3.05) is 0 Å². The van der Waals surface area contributed by atoms with E-state index >= 15 is 0 Å². The molecule has 0 amide bonds. The monoisotopic (exact) mass is 131 g/mol. The molecule has 5 heteroatoms. The van der Waals surface area contributed by atoms with Crippen LogP contribution in [0.2, 0.25) is 0 Å². The molecule has 1 atom stereocenters. The van der Waals surface area contributed by atoms with Gasteiger partial charge in [0.1, 0.15) is 5.04 Å². The normalized spacial score (nSPS) is 11.7. The van der Waals surface area contributed by atoms with Gasteiger partial charge in [-0.15, -0.1) is 0 Å². The molecular weight excluding hydrogens is 125 g/mol. The fourth-order valence-corrected chi connectivity index (χ4v) is 0. The zero-order chi connectivity index (χ0) is 5.15. The minimum Gasteiger partial charge on any atom is -1.00 e. The number of rotatable bonds is 0. The van der Waals surface area contributed by atoms with Crippen LogP contribution in [-0.4, -0.2) is 13.8 Å². The summed E-state index contributed by atoms with van der Waals surface area (Å²) in [7, 11) is 0. The maximum absolute atomic E-state index is 9.59. The molecule has 0 spiro atoms. The van der Waals surface area contributed by atoms with E-state index in [-0.39, 0.29) is 36.0 Å². The maximum Gasteiger partial charge on any atom is 1.00 e. The minimum atomic E-state index is -2.03. The summed E-state index contributed by atoms with van der Waals surface area (Å²) in [6.07, 6.45) is 0. The van der Waals surface area contributed by atoms with Gasteiger partial charge in [-0.3, -0.25) is 5.41 Å². The van der Waals surface area contributed by atoms with E-state index in [2.05, 4.69) is 0 Å². The molecule has 0 saturated carbocycles. The zero-order valence-corrected chi connectivity index (χ0v) is 7.08. The van der Waals surface area contributed by atoms with Crippen LogP contribution in [0.4, 0.5) is 0 Å². The Morgan fingerprint density at radius 2 is 2.14 bits per heavy atom. The molecule has 0 bridgehead atoms. The molecule has 0 aliphatic carbocycles. The van der Waals surface area contributed by atoms with Crippen molar-refractivity contribution in [3.05, 3.63) is 0 Å². The van der Waals surface area contributed by atoms with Gasteiger partial charge in [0.25, 0.3) is 0 Å². The molecule has 38 valence electrons. The first-order chi connectivity index (χ1) is 2.64. The van der Waals surface area contributed by atoms with Gasteiger partial charge in [0.05, 0.1) is 0 Å². The zero-order valence-electron chi connectivity index (χ0n) is 5.26. The molecule has 7 heavy (non-hydrogen) atoms. The minimum absolute atomic E-state index is 0. The van der Waals surface area contributed by atoms with Crippen molar-refractivity contribution in [3.63, 3.8) is 0 Å². The molecule has 1 unspecified atom stereocenters. The predicted octanol–water partition coefficient (Wildman–Crippen LogP) is -2.68. The standard InChI is InChI=1S/C2H5NO2S.Na.H/c1-2(3)6(4)5;;/h3H,1H3,(H,4,5);;/q;+1;-1. The molecule has 0 aromatic carbocycles. The van der Waals surface area contributed by atoms with E-state index in [0.717, 1.165) is 0 Å². The SMILES string of the molecule is CC(=N)S(=O)O.[H-].[Na+]. The van der Waals surface area contributed by atoms with Crippen LogP contribution < -0.4 is 29.6 Å². The summed E-state index contributed by atoms with van der Waals surface area (Å²) in [6.45, 7) is 1.27. The molecule has 0 aromatic rings. The maximum atomic E-state index is 9.59. The topological polar surface area (TPSA) is 61.2 Å². The van der Waals surface area contributed by atoms with Crippen LogP contribution in [0.25, 0.3) is 0 Å². The Labute approximate surface area is 68.1 Å². The van der Waals surface area contributed by atoms with Crippen molar-refractivity contribution in [2.45, 2.75) is 6.92 Å². The molecule has 0 aromatic heterocycles. The Bertz CT molecular complexity index is 86.0. The first kappa shape index (κ1) is 10.7. The third kappa shape index (κ3) is 6.78. The van der Waals surface area contributed by atoms with Gasteiger partial charge in [0, 0.05) is 0 Å². The Balaban J connectivity index is -0.000000125. The molecule has 0 saturated heterocycles. The largest absolute Gasteiger partial charge is 1.00 e. The van der Waals surface area contributed by atoms with E-state index in [1.165, 1.54) is 6.92 Å². The van der Waals surface area contributed by atoms with Gasteiger partial charge in [-0.1, -0.05) is 0 Å². The summed E-state index contributed by atoms with van der Waals surface area (Å²) in [6, 6.07) is 0. The molecule has 0 radical (unpaired) electrons. The van der Waals surface area contributed by atoms with Crippen LogP contribution in [0.5, 0.6) is 0 Å². The van der Waals surface area contributed by atoms with Gasteiger partial charge in [0.15, 0.2) is 11.1 Å². The Morgan fingerprint density at radius 1 is 2.00 bits per heavy atom.